The molecule has 0 fully saturated rings. The maximum atomic E-state index is 13.0. The van der Waals surface area contributed by atoms with Gasteiger partial charge in [0.25, 0.3) is 5.56 Å². The first kappa shape index (κ1) is 24.8. The highest BCUT2D eigenvalue weighted by molar-refractivity contribution is 6.03. The first-order valence-corrected chi connectivity index (χ1v) is 10.7. The van der Waals surface area contributed by atoms with Gasteiger partial charge in [-0.25, -0.2) is 14.6 Å². The van der Waals surface area contributed by atoms with Crippen LogP contribution in [0.5, 0.6) is 0 Å². The SMILES string of the molecule is COCc1nc2ccccc2c(C)c1C(=O)OCC(=O)c1c(N)n(CC(C)C)c(=O)n(C)c1=O. The fourth-order valence-corrected chi connectivity index (χ4v) is 3.82. The van der Waals surface area contributed by atoms with E-state index >= 15 is 0 Å². The molecular formula is C24H28N4O6. The maximum Gasteiger partial charge on any atom is 0.340 e. The lowest BCUT2D eigenvalue weighted by Gasteiger charge is -2.16. The van der Waals surface area contributed by atoms with Crippen LogP contribution in [0.3, 0.4) is 0 Å². The van der Waals surface area contributed by atoms with Crippen molar-refractivity contribution in [2.45, 2.75) is 33.9 Å². The van der Waals surface area contributed by atoms with Crippen molar-refractivity contribution in [1.29, 1.82) is 0 Å². The van der Waals surface area contributed by atoms with Gasteiger partial charge in [-0.05, 0) is 24.5 Å². The number of hydrogen-bond acceptors (Lipinski definition) is 8. The number of rotatable bonds is 8. The molecule has 2 aromatic heterocycles. The van der Waals surface area contributed by atoms with Gasteiger partial charge >= 0.3 is 11.7 Å². The Hall–Kier alpha value is -3.79. The number of methoxy groups -OCH3 is 1. The molecule has 0 amide bonds. The summed E-state index contributed by atoms with van der Waals surface area (Å²) in [5, 5.41) is 0.763. The standard InChI is InChI=1S/C24H28N4O6/c1-13(2)10-28-21(25)20(22(30)27(4)24(28)32)18(29)12-34-23(31)19-14(3)15-8-6-7-9-16(15)26-17(19)11-33-5/h6-9,13H,10-12,25H2,1-5H3. The molecular weight excluding hydrogens is 440 g/mol. The maximum absolute atomic E-state index is 13.0. The van der Waals surface area contributed by atoms with Gasteiger partial charge < -0.3 is 15.2 Å². The topological polar surface area (TPSA) is 136 Å². The van der Waals surface area contributed by atoms with Gasteiger partial charge in [-0.3, -0.25) is 18.7 Å². The molecule has 2 heterocycles. The summed E-state index contributed by atoms with van der Waals surface area (Å²) in [7, 11) is 2.75. The Morgan fingerprint density at radius 1 is 1.15 bits per heavy atom. The highest BCUT2D eigenvalue weighted by Gasteiger charge is 2.25. The first-order chi connectivity index (χ1) is 16.1. The summed E-state index contributed by atoms with van der Waals surface area (Å²) >= 11 is 0. The summed E-state index contributed by atoms with van der Waals surface area (Å²) in [6, 6.07) is 7.32. The van der Waals surface area contributed by atoms with Crippen molar-refractivity contribution >= 4 is 28.5 Å². The van der Waals surface area contributed by atoms with Crippen LogP contribution in [0.25, 0.3) is 10.9 Å². The molecule has 0 aliphatic rings. The van der Waals surface area contributed by atoms with Crippen LogP contribution in [0, 0.1) is 12.8 Å². The van der Waals surface area contributed by atoms with E-state index in [4.69, 9.17) is 15.2 Å². The number of hydrogen-bond donors (Lipinski definition) is 1. The average molecular weight is 469 g/mol. The Bertz CT molecular complexity index is 1390. The minimum Gasteiger partial charge on any atom is -0.454 e. The van der Waals surface area contributed by atoms with E-state index in [1.165, 1.54) is 18.7 Å². The second-order valence-electron chi connectivity index (χ2n) is 8.42. The van der Waals surface area contributed by atoms with Crippen LogP contribution in [0.4, 0.5) is 5.82 Å². The van der Waals surface area contributed by atoms with Gasteiger partial charge in [0.1, 0.15) is 11.4 Å². The number of ketones is 1. The zero-order valence-electron chi connectivity index (χ0n) is 19.9. The Kier molecular flexibility index (Phi) is 7.31. The lowest BCUT2D eigenvalue weighted by atomic mass is 10.0. The van der Waals surface area contributed by atoms with Gasteiger partial charge in [-0.1, -0.05) is 32.0 Å². The molecule has 0 bridgehead atoms. The lowest BCUT2D eigenvalue weighted by molar-refractivity contribution is 0.0468. The number of aryl methyl sites for hydroxylation is 1. The number of nitrogens with zero attached hydrogens (tertiary/aromatic N) is 3. The van der Waals surface area contributed by atoms with E-state index < -0.39 is 29.6 Å². The molecule has 3 aromatic rings. The molecule has 0 saturated carbocycles. The van der Waals surface area contributed by atoms with Crippen LogP contribution in [-0.2, 0) is 29.7 Å². The second-order valence-corrected chi connectivity index (χ2v) is 8.42. The molecule has 10 nitrogen and oxygen atoms in total. The third-order valence-electron chi connectivity index (χ3n) is 5.46. The number of ether oxygens (including phenoxy) is 2. The van der Waals surface area contributed by atoms with Crippen LogP contribution >= 0.6 is 0 Å². The number of Topliss-reactive ketones (excluding diaryl/α,β-unsaturated/α-hetero) is 1. The summed E-state index contributed by atoms with van der Waals surface area (Å²) in [6.07, 6.45) is 0. The van der Waals surface area contributed by atoms with Crippen molar-refractivity contribution in [2.24, 2.45) is 13.0 Å². The van der Waals surface area contributed by atoms with Gasteiger partial charge in [-0.2, -0.15) is 0 Å². The van der Waals surface area contributed by atoms with Crippen molar-refractivity contribution in [3.8, 4) is 0 Å². The van der Waals surface area contributed by atoms with Crippen molar-refractivity contribution in [2.75, 3.05) is 19.5 Å². The molecule has 0 saturated heterocycles. The second kappa shape index (κ2) is 10.0. The molecule has 0 radical (unpaired) electrons. The zero-order valence-corrected chi connectivity index (χ0v) is 19.9. The van der Waals surface area contributed by atoms with E-state index in [-0.39, 0.29) is 36.0 Å². The normalized spacial score (nSPS) is 11.2. The van der Waals surface area contributed by atoms with Gasteiger partial charge in [0.15, 0.2) is 6.61 Å². The smallest absolute Gasteiger partial charge is 0.340 e. The van der Waals surface area contributed by atoms with E-state index in [1.54, 1.807) is 6.92 Å². The zero-order chi connectivity index (χ0) is 25.2. The molecule has 0 unspecified atom stereocenters. The number of anilines is 1. The first-order valence-electron chi connectivity index (χ1n) is 10.7. The number of pyridine rings is 1. The summed E-state index contributed by atoms with van der Waals surface area (Å²) < 4.78 is 12.5. The minimum atomic E-state index is -0.841. The molecule has 3 rings (SSSR count). The van der Waals surface area contributed by atoms with Crippen LogP contribution in [0.2, 0.25) is 0 Å². The number of nitrogen functional groups attached to an aromatic ring is 1. The Morgan fingerprint density at radius 2 is 1.82 bits per heavy atom. The molecule has 34 heavy (non-hydrogen) atoms. The van der Waals surface area contributed by atoms with Crippen molar-refractivity contribution in [3.05, 3.63) is 67.5 Å². The molecule has 1 aromatic carbocycles. The molecule has 180 valence electrons. The van der Waals surface area contributed by atoms with E-state index in [1.807, 2.05) is 38.1 Å². The van der Waals surface area contributed by atoms with Crippen LogP contribution < -0.4 is 17.0 Å². The van der Waals surface area contributed by atoms with Gasteiger partial charge in [0.05, 0.1) is 23.4 Å². The third kappa shape index (κ3) is 4.62. The van der Waals surface area contributed by atoms with Crippen molar-refractivity contribution in [1.82, 2.24) is 14.1 Å². The lowest BCUT2D eigenvalue weighted by Crippen LogP contribution is -2.43. The fraction of sp³-hybridized carbons (Fsp3) is 0.375. The molecule has 2 N–H and O–H groups in total. The van der Waals surface area contributed by atoms with E-state index in [0.29, 0.717) is 16.8 Å². The van der Waals surface area contributed by atoms with Crippen LogP contribution in [0.15, 0.2) is 33.9 Å². The predicted molar refractivity (Wildman–Crippen MR) is 127 cm³/mol. The summed E-state index contributed by atoms with van der Waals surface area (Å²) in [5.74, 6) is -1.78. The average Bonchev–Trinajstić information content (AvgIpc) is 2.79. The Balaban J connectivity index is 1.95. The summed E-state index contributed by atoms with van der Waals surface area (Å²) in [4.78, 5) is 55.5. The Morgan fingerprint density at radius 3 is 2.47 bits per heavy atom. The molecule has 0 aliphatic carbocycles. The monoisotopic (exact) mass is 468 g/mol. The van der Waals surface area contributed by atoms with Crippen LogP contribution in [-0.4, -0.2) is 39.6 Å². The fourth-order valence-electron chi connectivity index (χ4n) is 3.82. The number of fused-ring (bicyclic) bond motifs is 1. The van der Waals surface area contributed by atoms with Crippen LogP contribution in [0.1, 0.15) is 45.8 Å². The third-order valence-corrected chi connectivity index (χ3v) is 5.46. The van der Waals surface area contributed by atoms with E-state index in [9.17, 15) is 19.2 Å². The number of carbonyl (C=O) groups is 2. The highest BCUT2D eigenvalue weighted by atomic mass is 16.5. The van der Waals surface area contributed by atoms with Gasteiger partial charge in [0.2, 0.25) is 5.78 Å². The Labute approximate surface area is 195 Å². The van der Waals surface area contributed by atoms with E-state index in [2.05, 4.69) is 4.98 Å². The van der Waals surface area contributed by atoms with E-state index in [0.717, 1.165) is 9.95 Å². The number of benzene rings is 1. The molecule has 0 aliphatic heterocycles. The predicted octanol–water partition coefficient (Wildman–Crippen LogP) is 1.83. The van der Waals surface area contributed by atoms with Crippen molar-refractivity contribution < 1.29 is 19.1 Å². The number of esters is 1. The number of carbonyl (C=O) groups excluding carboxylic acids is 2. The molecule has 0 atom stereocenters. The molecule has 10 heteroatoms. The number of aromatic nitrogens is 3. The largest absolute Gasteiger partial charge is 0.454 e. The minimum absolute atomic E-state index is 0.0425. The highest BCUT2D eigenvalue weighted by Crippen LogP contribution is 2.24. The van der Waals surface area contributed by atoms with Gasteiger partial charge in [0, 0.05) is 26.1 Å². The molecule has 0 spiro atoms. The van der Waals surface area contributed by atoms with Gasteiger partial charge in [-0.15, -0.1) is 0 Å². The number of nitrogens with two attached hydrogens (primary N) is 1. The summed E-state index contributed by atoms with van der Waals surface area (Å²) in [6.45, 7) is 5.07. The van der Waals surface area contributed by atoms with Crippen molar-refractivity contribution in [3.63, 3.8) is 0 Å². The quantitative estimate of drug-likeness (QED) is 0.391. The summed E-state index contributed by atoms with van der Waals surface area (Å²) in [5.41, 5.74) is 6.08. The number of para-hydroxylation sites is 1.